The van der Waals surface area contributed by atoms with Gasteiger partial charge in [0, 0.05) is 12.1 Å². The number of carbonyl (C=O) groups is 2. The fourth-order valence-electron chi connectivity index (χ4n) is 2.89. The summed E-state index contributed by atoms with van der Waals surface area (Å²) in [6.45, 7) is 0. The normalized spacial score (nSPS) is 19.8. The summed E-state index contributed by atoms with van der Waals surface area (Å²) in [5, 5.41) is 14.0. The molecule has 7 nitrogen and oxygen atoms in total. The Balaban J connectivity index is 2.03. The number of ether oxygens (including phenoxy) is 2. The maximum Gasteiger partial charge on any atom is 0.319 e. The number of methoxy groups -OCH3 is 2. The van der Waals surface area contributed by atoms with Gasteiger partial charge in [-0.3, -0.25) is 4.79 Å². The lowest BCUT2D eigenvalue weighted by Crippen LogP contribution is -2.41. The van der Waals surface area contributed by atoms with Crippen LogP contribution in [0, 0.1) is 17.6 Å². The summed E-state index contributed by atoms with van der Waals surface area (Å²) >= 11 is 0. The van der Waals surface area contributed by atoms with E-state index in [1.54, 1.807) is 0 Å². The van der Waals surface area contributed by atoms with Crippen molar-refractivity contribution in [3.63, 3.8) is 0 Å². The summed E-state index contributed by atoms with van der Waals surface area (Å²) in [4.78, 5) is 23.0. The van der Waals surface area contributed by atoms with Crippen molar-refractivity contribution < 1.29 is 33.0 Å². The SMILES string of the molecule is COc1c(F)cc(NC(=O)NC2CCC(C(=O)O)CC2)c(OC)c1F. The van der Waals surface area contributed by atoms with Gasteiger partial charge < -0.3 is 25.2 Å². The maximum absolute atomic E-state index is 14.1. The van der Waals surface area contributed by atoms with Crippen LogP contribution >= 0.6 is 0 Å². The Labute approximate surface area is 143 Å². The maximum atomic E-state index is 14.1. The van der Waals surface area contributed by atoms with Gasteiger partial charge in [0.25, 0.3) is 0 Å². The number of hydrogen-bond acceptors (Lipinski definition) is 4. The van der Waals surface area contributed by atoms with E-state index in [2.05, 4.69) is 15.4 Å². The molecule has 0 spiro atoms. The first-order valence-corrected chi connectivity index (χ1v) is 7.77. The highest BCUT2D eigenvalue weighted by Gasteiger charge is 2.27. The second kappa shape index (κ2) is 8.00. The zero-order valence-corrected chi connectivity index (χ0v) is 13.9. The van der Waals surface area contributed by atoms with Crippen LogP contribution < -0.4 is 20.1 Å². The lowest BCUT2D eigenvalue weighted by molar-refractivity contribution is -0.142. The number of nitrogens with one attached hydrogen (secondary N) is 2. The molecular weight excluding hydrogens is 338 g/mol. The molecular formula is C16H20F2N2O5. The number of carboxylic acids is 1. The van der Waals surface area contributed by atoms with Crippen LogP contribution in [-0.4, -0.2) is 37.4 Å². The molecule has 1 aliphatic carbocycles. The van der Waals surface area contributed by atoms with E-state index in [0.29, 0.717) is 25.7 Å². The summed E-state index contributed by atoms with van der Waals surface area (Å²) in [6.07, 6.45) is 1.98. The van der Waals surface area contributed by atoms with Crippen LogP contribution in [0.25, 0.3) is 0 Å². The molecule has 0 bridgehead atoms. The number of benzene rings is 1. The third-order valence-electron chi connectivity index (χ3n) is 4.20. The average Bonchev–Trinajstić information content (AvgIpc) is 2.55. The minimum atomic E-state index is -1.05. The van der Waals surface area contributed by atoms with Crippen molar-refractivity contribution in [2.75, 3.05) is 19.5 Å². The highest BCUT2D eigenvalue weighted by molar-refractivity contribution is 5.91. The Kier molecular flexibility index (Phi) is 6.00. The number of anilines is 1. The lowest BCUT2D eigenvalue weighted by Gasteiger charge is -2.27. The van der Waals surface area contributed by atoms with E-state index < -0.39 is 35.3 Å². The van der Waals surface area contributed by atoms with Crippen molar-refractivity contribution in [1.29, 1.82) is 0 Å². The molecule has 0 radical (unpaired) electrons. The van der Waals surface area contributed by atoms with E-state index in [1.807, 2.05) is 0 Å². The second-order valence-corrected chi connectivity index (χ2v) is 5.77. The van der Waals surface area contributed by atoms with Crippen LogP contribution in [0.5, 0.6) is 11.5 Å². The van der Waals surface area contributed by atoms with Crippen LogP contribution in [0.15, 0.2) is 6.07 Å². The number of urea groups is 1. The van der Waals surface area contributed by atoms with Gasteiger partial charge in [0.15, 0.2) is 17.3 Å². The van der Waals surface area contributed by atoms with E-state index in [1.165, 1.54) is 7.11 Å². The molecule has 0 saturated heterocycles. The van der Waals surface area contributed by atoms with Gasteiger partial charge in [-0.1, -0.05) is 0 Å². The molecule has 0 heterocycles. The summed E-state index contributed by atoms with van der Waals surface area (Å²) in [5.41, 5.74) is -0.171. The van der Waals surface area contributed by atoms with Crippen LogP contribution in [0.4, 0.5) is 19.3 Å². The quantitative estimate of drug-likeness (QED) is 0.752. The summed E-state index contributed by atoms with van der Waals surface area (Å²) in [7, 11) is 2.31. The van der Waals surface area contributed by atoms with E-state index >= 15 is 0 Å². The number of carbonyl (C=O) groups excluding carboxylic acids is 1. The molecule has 9 heteroatoms. The molecule has 1 saturated carbocycles. The van der Waals surface area contributed by atoms with Gasteiger partial charge in [-0.05, 0) is 25.7 Å². The summed E-state index contributed by atoms with van der Waals surface area (Å²) < 4.78 is 37.4. The van der Waals surface area contributed by atoms with Crippen molar-refractivity contribution in [3.8, 4) is 11.5 Å². The molecule has 0 aliphatic heterocycles. The van der Waals surface area contributed by atoms with Crippen molar-refractivity contribution in [2.45, 2.75) is 31.7 Å². The number of halogens is 2. The van der Waals surface area contributed by atoms with E-state index in [-0.39, 0.29) is 17.5 Å². The van der Waals surface area contributed by atoms with Crippen LogP contribution in [0.1, 0.15) is 25.7 Å². The molecule has 2 rings (SSSR count). The first-order valence-electron chi connectivity index (χ1n) is 7.77. The van der Waals surface area contributed by atoms with Crippen LogP contribution in [0.2, 0.25) is 0 Å². The average molecular weight is 358 g/mol. The van der Waals surface area contributed by atoms with Crippen molar-refractivity contribution in [1.82, 2.24) is 5.32 Å². The molecule has 25 heavy (non-hydrogen) atoms. The number of carboxylic acid groups (broad SMARTS) is 1. The Morgan fingerprint density at radius 2 is 1.72 bits per heavy atom. The van der Waals surface area contributed by atoms with E-state index in [0.717, 1.165) is 13.2 Å². The van der Waals surface area contributed by atoms with Gasteiger partial charge in [-0.2, -0.15) is 4.39 Å². The van der Waals surface area contributed by atoms with Crippen LogP contribution in [-0.2, 0) is 4.79 Å². The first-order chi connectivity index (χ1) is 11.9. The smallest absolute Gasteiger partial charge is 0.319 e. The monoisotopic (exact) mass is 358 g/mol. The summed E-state index contributed by atoms with van der Waals surface area (Å²) in [6, 6.07) is 0.0531. The van der Waals surface area contributed by atoms with Crippen molar-refractivity contribution in [3.05, 3.63) is 17.7 Å². The minimum Gasteiger partial charge on any atom is -0.491 e. The first kappa shape index (κ1) is 18.8. The predicted molar refractivity (Wildman–Crippen MR) is 85.0 cm³/mol. The Morgan fingerprint density at radius 1 is 1.12 bits per heavy atom. The van der Waals surface area contributed by atoms with Gasteiger partial charge >= 0.3 is 12.0 Å². The standard InChI is InChI=1S/C16H20F2N2O5/c1-24-13-10(17)7-11(14(25-2)12(13)18)20-16(23)19-9-5-3-8(4-6-9)15(21)22/h7-9H,3-6H2,1-2H3,(H,21,22)(H2,19,20,23). The van der Waals surface area contributed by atoms with E-state index in [9.17, 15) is 18.4 Å². The zero-order chi connectivity index (χ0) is 18.6. The lowest BCUT2D eigenvalue weighted by atomic mass is 9.86. The Morgan fingerprint density at radius 3 is 2.24 bits per heavy atom. The van der Waals surface area contributed by atoms with Crippen molar-refractivity contribution in [2.24, 2.45) is 5.92 Å². The molecule has 3 N–H and O–H groups in total. The van der Waals surface area contributed by atoms with Gasteiger partial charge in [0.1, 0.15) is 0 Å². The van der Waals surface area contributed by atoms with E-state index in [4.69, 9.17) is 9.84 Å². The zero-order valence-electron chi connectivity index (χ0n) is 13.9. The highest BCUT2D eigenvalue weighted by Crippen LogP contribution is 2.36. The van der Waals surface area contributed by atoms with Gasteiger partial charge in [0.2, 0.25) is 5.82 Å². The Bertz CT molecular complexity index is 660. The third kappa shape index (κ3) is 4.28. The minimum absolute atomic E-state index is 0.171. The fourth-order valence-corrected chi connectivity index (χ4v) is 2.89. The molecule has 1 fully saturated rings. The number of aliphatic carboxylic acids is 1. The van der Waals surface area contributed by atoms with Gasteiger partial charge in [-0.25, -0.2) is 9.18 Å². The van der Waals surface area contributed by atoms with Crippen LogP contribution in [0.3, 0.4) is 0 Å². The number of hydrogen-bond donors (Lipinski definition) is 3. The largest absolute Gasteiger partial charge is 0.491 e. The Hall–Kier alpha value is -2.58. The molecule has 1 aliphatic rings. The topological polar surface area (TPSA) is 96.9 Å². The number of rotatable bonds is 5. The van der Waals surface area contributed by atoms with Crippen molar-refractivity contribution >= 4 is 17.7 Å². The third-order valence-corrected chi connectivity index (χ3v) is 4.20. The molecule has 1 aromatic rings. The molecule has 138 valence electrons. The van der Waals surface area contributed by atoms with Gasteiger partial charge in [-0.15, -0.1) is 0 Å². The second-order valence-electron chi connectivity index (χ2n) is 5.77. The number of amides is 2. The fraction of sp³-hybridized carbons (Fsp3) is 0.500. The molecule has 0 unspecified atom stereocenters. The predicted octanol–water partition coefficient (Wildman–Crippen LogP) is 2.75. The van der Waals surface area contributed by atoms with Gasteiger partial charge in [0.05, 0.1) is 25.8 Å². The summed E-state index contributed by atoms with van der Waals surface area (Å²) in [5.74, 6) is -4.21. The molecule has 0 atom stereocenters. The highest BCUT2D eigenvalue weighted by atomic mass is 19.1. The molecule has 2 amide bonds. The molecule has 0 aromatic heterocycles. The molecule has 1 aromatic carbocycles.